The third-order valence-electron chi connectivity index (χ3n) is 1.15. The summed E-state index contributed by atoms with van der Waals surface area (Å²) in [5, 5.41) is 9.95. The lowest BCUT2D eigenvalue weighted by molar-refractivity contribution is -0.105. The molecule has 0 aliphatic carbocycles. The number of carbonyl (C=O) groups is 1. The molecule has 0 spiro atoms. The molecular weight excluding hydrogens is 200 g/mol. The van der Waals surface area contributed by atoms with E-state index in [-0.39, 0.29) is 10.6 Å². The van der Waals surface area contributed by atoms with Gasteiger partial charge in [-0.2, -0.15) is 0 Å². The molecule has 0 aliphatic rings. The number of thiophene rings is 1. The highest BCUT2D eigenvalue weighted by Gasteiger charge is 2.13. The van der Waals surface area contributed by atoms with Crippen LogP contribution in [0.4, 0.5) is 5.69 Å². The van der Waals surface area contributed by atoms with Crippen molar-refractivity contribution in [2.24, 2.45) is 5.14 Å². The molecule has 0 saturated heterocycles. The Balaban J connectivity index is 3.16. The largest absolute Gasteiger partial charge is 0.327 e. The lowest BCUT2D eigenvalue weighted by atomic mass is 10.5. The van der Waals surface area contributed by atoms with Gasteiger partial charge in [-0.05, 0) is 0 Å². The Hall–Kier alpha value is -0.920. The number of carbonyl (C=O) groups excluding carboxylic acids is 1. The van der Waals surface area contributed by atoms with Crippen molar-refractivity contribution in [1.82, 2.24) is 0 Å². The second-order valence-corrected chi connectivity index (χ2v) is 4.23. The molecule has 66 valence electrons. The van der Waals surface area contributed by atoms with Gasteiger partial charge >= 0.3 is 0 Å². The van der Waals surface area contributed by atoms with Crippen LogP contribution in [0.3, 0.4) is 0 Å². The molecule has 12 heavy (non-hydrogen) atoms. The minimum Gasteiger partial charge on any atom is -0.327 e. The molecule has 1 heterocycles. The van der Waals surface area contributed by atoms with Crippen LogP contribution in [0.25, 0.3) is 0 Å². The summed E-state index contributed by atoms with van der Waals surface area (Å²) >= 11 is 1.15. The molecular formula is C5H6N2O3S2. The predicted molar refractivity (Wildman–Crippen MR) is 45.4 cm³/mol. The van der Waals surface area contributed by atoms with Gasteiger partial charge in [-0.3, -0.25) is 4.79 Å². The maximum Gasteiger partial charge on any atom is 0.240 e. The van der Waals surface area contributed by atoms with Gasteiger partial charge in [0.15, 0.2) is 0 Å². The first-order valence-electron chi connectivity index (χ1n) is 2.85. The van der Waals surface area contributed by atoms with Gasteiger partial charge in [-0.15, -0.1) is 11.3 Å². The molecule has 0 radical (unpaired) electrons. The molecule has 3 N–H and O–H groups in total. The Labute approximate surface area is 73.2 Å². The second-order valence-electron chi connectivity index (χ2n) is 1.96. The number of anilines is 1. The van der Waals surface area contributed by atoms with Gasteiger partial charge in [-0.1, -0.05) is 0 Å². The highest BCUT2D eigenvalue weighted by molar-refractivity contribution is 7.89. The number of primary sulfonamides is 1. The van der Waals surface area contributed by atoms with Crippen LogP contribution in [0.2, 0.25) is 0 Å². The van der Waals surface area contributed by atoms with Gasteiger partial charge in [0, 0.05) is 10.8 Å². The molecule has 1 aromatic heterocycles. The zero-order chi connectivity index (χ0) is 9.19. The average molecular weight is 206 g/mol. The summed E-state index contributed by atoms with van der Waals surface area (Å²) in [5.41, 5.74) is 0.220. The predicted octanol–water partition coefficient (Wildman–Crippen LogP) is -0.0362. The van der Waals surface area contributed by atoms with Crippen LogP contribution in [-0.2, 0) is 14.8 Å². The molecule has 1 aromatic rings. The van der Waals surface area contributed by atoms with Crippen molar-refractivity contribution in [2.75, 3.05) is 5.32 Å². The Kier molecular flexibility index (Phi) is 2.46. The maximum absolute atomic E-state index is 10.8. The Morgan fingerprint density at radius 2 is 2.17 bits per heavy atom. The number of hydrogen-bond acceptors (Lipinski definition) is 4. The summed E-state index contributed by atoms with van der Waals surface area (Å²) in [6, 6.07) is 0. The van der Waals surface area contributed by atoms with Crippen LogP contribution in [0.5, 0.6) is 0 Å². The van der Waals surface area contributed by atoms with Gasteiger partial charge in [0.05, 0.1) is 5.69 Å². The first-order chi connectivity index (χ1) is 5.55. The third kappa shape index (κ3) is 1.81. The summed E-state index contributed by atoms with van der Waals surface area (Å²) in [5.74, 6) is 0. The minimum atomic E-state index is -3.72. The van der Waals surface area contributed by atoms with Gasteiger partial charge in [0.1, 0.15) is 4.90 Å². The van der Waals surface area contributed by atoms with Crippen molar-refractivity contribution in [2.45, 2.75) is 4.90 Å². The van der Waals surface area contributed by atoms with Crippen molar-refractivity contribution < 1.29 is 13.2 Å². The summed E-state index contributed by atoms with van der Waals surface area (Å²) in [4.78, 5) is 9.95. The summed E-state index contributed by atoms with van der Waals surface area (Å²) in [7, 11) is -3.72. The van der Waals surface area contributed by atoms with Crippen LogP contribution < -0.4 is 10.5 Å². The zero-order valence-electron chi connectivity index (χ0n) is 5.85. The first-order valence-corrected chi connectivity index (χ1v) is 5.34. The van der Waals surface area contributed by atoms with Crippen LogP contribution in [0.1, 0.15) is 0 Å². The number of nitrogens with two attached hydrogens (primary N) is 1. The fourth-order valence-electron chi connectivity index (χ4n) is 0.674. The lowest BCUT2D eigenvalue weighted by Gasteiger charge is -1.97. The van der Waals surface area contributed by atoms with Gasteiger partial charge < -0.3 is 5.32 Å². The van der Waals surface area contributed by atoms with Crippen LogP contribution in [0.15, 0.2) is 15.7 Å². The summed E-state index contributed by atoms with van der Waals surface area (Å²) < 4.78 is 21.6. The molecule has 7 heteroatoms. The Morgan fingerprint density at radius 3 is 2.67 bits per heavy atom. The van der Waals surface area contributed by atoms with E-state index in [1.54, 1.807) is 0 Å². The van der Waals surface area contributed by atoms with Crippen molar-refractivity contribution in [3.05, 3.63) is 10.8 Å². The third-order valence-corrected chi connectivity index (χ3v) is 2.99. The first kappa shape index (κ1) is 9.17. The molecule has 0 aromatic carbocycles. The molecule has 0 unspecified atom stereocenters. The normalized spacial score (nSPS) is 11.1. The highest BCUT2D eigenvalue weighted by atomic mass is 32.2. The number of nitrogens with one attached hydrogen (secondary N) is 1. The molecule has 0 fully saturated rings. The molecule has 1 amide bonds. The SMILES string of the molecule is NS(=O)(=O)c1cscc1NC=O. The topological polar surface area (TPSA) is 89.3 Å². The van der Waals surface area contributed by atoms with E-state index in [9.17, 15) is 13.2 Å². The van der Waals surface area contributed by atoms with Crippen LogP contribution >= 0.6 is 11.3 Å². The van der Waals surface area contributed by atoms with E-state index in [4.69, 9.17) is 5.14 Å². The van der Waals surface area contributed by atoms with E-state index in [0.717, 1.165) is 11.3 Å². The fourth-order valence-corrected chi connectivity index (χ4v) is 2.53. The van der Waals surface area contributed by atoms with E-state index in [1.165, 1.54) is 10.8 Å². The molecule has 0 atom stereocenters. The maximum atomic E-state index is 10.8. The lowest BCUT2D eigenvalue weighted by Crippen LogP contribution is -2.13. The fraction of sp³-hybridized carbons (Fsp3) is 0. The van der Waals surface area contributed by atoms with Crippen LogP contribution in [-0.4, -0.2) is 14.8 Å². The van der Waals surface area contributed by atoms with Gasteiger partial charge in [-0.25, -0.2) is 13.6 Å². The number of hydrogen-bond donors (Lipinski definition) is 2. The second kappa shape index (κ2) is 3.21. The summed E-state index contributed by atoms with van der Waals surface area (Å²) in [6.45, 7) is 0. The van der Waals surface area contributed by atoms with E-state index < -0.39 is 10.0 Å². The minimum absolute atomic E-state index is 0.0559. The van der Waals surface area contributed by atoms with Gasteiger partial charge in [0.25, 0.3) is 0 Å². The molecule has 5 nitrogen and oxygen atoms in total. The zero-order valence-corrected chi connectivity index (χ0v) is 7.48. The molecule has 1 rings (SSSR count). The Morgan fingerprint density at radius 1 is 1.50 bits per heavy atom. The molecule has 0 aliphatic heterocycles. The number of rotatable bonds is 3. The quantitative estimate of drug-likeness (QED) is 0.680. The molecule has 0 saturated carbocycles. The van der Waals surface area contributed by atoms with Gasteiger partial charge in [0.2, 0.25) is 16.4 Å². The monoisotopic (exact) mass is 206 g/mol. The van der Waals surface area contributed by atoms with E-state index >= 15 is 0 Å². The van der Waals surface area contributed by atoms with Crippen molar-refractivity contribution in [1.29, 1.82) is 0 Å². The number of amides is 1. The Bertz CT molecular complexity index is 381. The summed E-state index contributed by atoms with van der Waals surface area (Å²) in [6.07, 6.45) is 0.400. The molecule has 0 bridgehead atoms. The average Bonchev–Trinajstić information content (AvgIpc) is 2.34. The van der Waals surface area contributed by atoms with E-state index in [1.807, 2.05) is 0 Å². The van der Waals surface area contributed by atoms with Crippen molar-refractivity contribution in [3.63, 3.8) is 0 Å². The van der Waals surface area contributed by atoms with Crippen molar-refractivity contribution >= 4 is 33.5 Å². The smallest absolute Gasteiger partial charge is 0.240 e. The highest BCUT2D eigenvalue weighted by Crippen LogP contribution is 2.23. The van der Waals surface area contributed by atoms with E-state index in [2.05, 4.69) is 5.32 Å². The number of sulfonamides is 1. The van der Waals surface area contributed by atoms with E-state index in [0.29, 0.717) is 6.41 Å². The standard InChI is InChI=1S/C5H6N2O3S2/c6-12(9,10)5-2-11-1-4(5)7-3-8/h1-3H,(H,7,8)(H2,6,9,10). The van der Waals surface area contributed by atoms with Crippen LogP contribution in [0, 0.1) is 0 Å². The van der Waals surface area contributed by atoms with Crippen molar-refractivity contribution in [3.8, 4) is 0 Å².